The fourth-order valence-electron chi connectivity index (χ4n) is 2.01. The van der Waals surface area contributed by atoms with Crippen LogP contribution in [0.1, 0.15) is 6.42 Å². The molecule has 7 nitrogen and oxygen atoms in total. The monoisotopic (exact) mass is 292 g/mol. The largest absolute Gasteiger partial charge is 0.481 e. The molecule has 0 saturated heterocycles. The third-order valence-electron chi connectivity index (χ3n) is 3.16. The predicted molar refractivity (Wildman–Crippen MR) is 74.2 cm³/mol. The summed E-state index contributed by atoms with van der Waals surface area (Å²) in [7, 11) is 1.54. The second-order valence-corrected chi connectivity index (χ2v) is 4.76. The minimum absolute atomic E-state index is 0.00221. The summed E-state index contributed by atoms with van der Waals surface area (Å²) in [6.45, 7) is 0.131. The van der Waals surface area contributed by atoms with Crippen LogP contribution in [0.15, 0.2) is 24.3 Å². The molecule has 0 radical (unpaired) electrons. The van der Waals surface area contributed by atoms with Gasteiger partial charge in [0.05, 0.1) is 18.7 Å². The number of carbonyl (C=O) groups is 3. The van der Waals surface area contributed by atoms with Gasteiger partial charge in [-0.25, -0.2) is 4.79 Å². The van der Waals surface area contributed by atoms with E-state index >= 15 is 0 Å². The zero-order chi connectivity index (χ0) is 15.4. The van der Waals surface area contributed by atoms with Crippen molar-refractivity contribution in [3.05, 3.63) is 24.3 Å². The first-order valence-electron chi connectivity index (χ1n) is 6.48. The first kappa shape index (κ1) is 14.8. The van der Waals surface area contributed by atoms with E-state index in [9.17, 15) is 14.4 Å². The summed E-state index contributed by atoms with van der Waals surface area (Å²) < 4.78 is 5.10. The summed E-state index contributed by atoms with van der Waals surface area (Å²) in [4.78, 5) is 37.1. The van der Waals surface area contributed by atoms with Gasteiger partial charge in [0.1, 0.15) is 6.54 Å². The molecule has 1 aromatic rings. The van der Waals surface area contributed by atoms with Crippen molar-refractivity contribution < 1.29 is 24.2 Å². The highest BCUT2D eigenvalue weighted by atomic mass is 16.5. The lowest BCUT2D eigenvalue weighted by Crippen LogP contribution is -2.44. The van der Waals surface area contributed by atoms with E-state index in [2.05, 4.69) is 0 Å². The molecule has 1 aliphatic heterocycles. The van der Waals surface area contributed by atoms with Crippen molar-refractivity contribution in [3.8, 4) is 5.75 Å². The molecule has 21 heavy (non-hydrogen) atoms. The molecule has 0 aliphatic carbocycles. The number of ether oxygens (including phenoxy) is 1. The highest BCUT2D eigenvalue weighted by Gasteiger charge is 2.26. The third kappa shape index (κ3) is 3.71. The van der Waals surface area contributed by atoms with Crippen molar-refractivity contribution in [1.82, 2.24) is 4.90 Å². The fourth-order valence-corrected chi connectivity index (χ4v) is 2.01. The van der Waals surface area contributed by atoms with Gasteiger partial charge < -0.3 is 19.6 Å². The summed E-state index contributed by atoms with van der Waals surface area (Å²) in [6.07, 6.45) is -0.110. The average Bonchev–Trinajstić information content (AvgIpc) is 2.44. The van der Waals surface area contributed by atoms with Crippen molar-refractivity contribution in [1.29, 1.82) is 0 Å². The van der Waals surface area contributed by atoms with Crippen LogP contribution >= 0.6 is 0 Å². The Balaban J connectivity index is 2.04. The van der Waals surface area contributed by atoms with Crippen LogP contribution < -0.4 is 9.64 Å². The van der Waals surface area contributed by atoms with E-state index < -0.39 is 11.9 Å². The molecular weight excluding hydrogens is 276 g/mol. The van der Waals surface area contributed by atoms with Crippen LogP contribution in [0.4, 0.5) is 5.69 Å². The highest BCUT2D eigenvalue weighted by Crippen LogP contribution is 2.31. The number of hydrogen-bond acceptors (Lipinski definition) is 5. The van der Waals surface area contributed by atoms with Gasteiger partial charge >= 0.3 is 11.9 Å². The highest BCUT2D eigenvalue weighted by molar-refractivity contribution is 5.89. The van der Waals surface area contributed by atoms with Crippen LogP contribution in [-0.4, -0.2) is 54.5 Å². The lowest BCUT2D eigenvalue weighted by molar-refractivity contribution is -0.138. The molecule has 1 N–H and O–H groups in total. The molecule has 0 aromatic heterocycles. The molecule has 0 saturated carbocycles. The topological polar surface area (TPSA) is 87.2 Å². The van der Waals surface area contributed by atoms with Gasteiger partial charge in [-0.1, -0.05) is 12.1 Å². The number of rotatable bonds is 5. The number of esters is 1. The lowest BCUT2D eigenvalue weighted by Gasteiger charge is -2.30. The first-order chi connectivity index (χ1) is 9.97. The molecule has 112 valence electrons. The molecule has 0 atom stereocenters. The van der Waals surface area contributed by atoms with Crippen molar-refractivity contribution in [2.24, 2.45) is 0 Å². The van der Waals surface area contributed by atoms with Crippen LogP contribution in [0.25, 0.3) is 0 Å². The van der Waals surface area contributed by atoms with Gasteiger partial charge in [0.2, 0.25) is 5.91 Å². The van der Waals surface area contributed by atoms with E-state index in [1.54, 1.807) is 36.2 Å². The van der Waals surface area contributed by atoms with Crippen molar-refractivity contribution in [2.75, 3.05) is 31.6 Å². The minimum Gasteiger partial charge on any atom is -0.481 e. The van der Waals surface area contributed by atoms with Gasteiger partial charge in [-0.3, -0.25) is 9.59 Å². The second-order valence-electron chi connectivity index (χ2n) is 4.76. The normalized spacial score (nSPS) is 13.4. The maximum absolute atomic E-state index is 12.1. The van der Waals surface area contributed by atoms with Gasteiger partial charge in [-0.15, -0.1) is 0 Å². The summed E-state index contributed by atoms with van der Waals surface area (Å²) >= 11 is 0. The zero-order valence-corrected chi connectivity index (χ0v) is 11.6. The number of benzene rings is 1. The Labute approximate surface area is 121 Å². The van der Waals surface area contributed by atoms with Crippen LogP contribution in [0.3, 0.4) is 0 Å². The lowest BCUT2D eigenvalue weighted by atomic mass is 10.2. The Morgan fingerprint density at radius 2 is 2.10 bits per heavy atom. The smallest absolute Gasteiger partial charge is 0.331 e. The number of carbonyl (C=O) groups excluding carboxylic acids is 2. The van der Waals surface area contributed by atoms with Gasteiger partial charge in [0.25, 0.3) is 0 Å². The summed E-state index contributed by atoms with van der Waals surface area (Å²) in [5.74, 6) is -1.20. The molecular formula is C14H16N2O5. The number of nitrogens with zero attached hydrogens (tertiary/aromatic N) is 2. The predicted octanol–water partition coefficient (Wildman–Crippen LogP) is 0.345. The molecule has 0 unspecified atom stereocenters. The van der Waals surface area contributed by atoms with Crippen LogP contribution in [0.5, 0.6) is 5.75 Å². The fraction of sp³-hybridized carbons (Fsp3) is 0.357. The molecule has 2 rings (SSSR count). The summed E-state index contributed by atoms with van der Waals surface area (Å²) in [5.41, 5.74) is 0.678. The zero-order valence-electron chi connectivity index (χ0n) is 11.6. The maximum atomic E-state index is 12.1. The standard InChI is InChI=1S/C14H16N2O5/c1-15(7-6-13(18)19)12(17)8-16-9-14(20)21-11-5-3-2-4-10(11)16/h2-5H,6-9H2,1H3,(H,18,19). The van der Waals surface area contributed by atoms with Crippen molar-refractivity contribution >= 4 is 23.5 Å². The Morgan fingerprint density at radius 3 is 2.81 bits per heavy atom. The van der Waals surface area contributed by atoms with Crippen LogP contribution in [0, 0.1) is 0 Å². The van der Waals surface area contributed by atoms with Gasteiger partial charge in [-0.2, -0.15) is 0 Å². The summed E-state index contributed by atoms with van der Waals surface area (Å²) in [5, 5.41) is 8.62. The van der Waals surface area contributed by atoms with Crippen LogP contribution in [0.2, 0.25) is 0 Å². The number of carboxylic acids is 1. The number of carboxylic acid groups (broad SMARTS) is 1. The van der Waals surface area contributed by atoms with E-state index in [1.165, 1.54) is 4.90 Å². The number of para-hydroxylation sites is 2. The Bertz CT molecular complexity index is 572. The molecule has 1 amide bonds. The summed E-state index contributed by atoms with van der Waals surface area (Å²) in [6, 6.07) is 6.98. The molecule has 0 fully saturated rings. The molecule has 1 heterocycles. The molecule has 7 heteroatoms. The second kappa shape index (κ2) is 6.25. The van der Waals surface area contributed by atoms with E-state index in [-0.39, 0.29) is 32.0 Å². The number of aliphatic carboxylic acids is 1. The van der Waals surface area contributed by atoms with Crippen molar-refractivity contribution in [3.63, 3.8) is 0 Å². The first-order valence-corrected chi connectivity index (χ1v) is 6.48. The minimum atomic E-state index is -0.957. The number of likely N-dealkylation sites (N-methyl/N-ethyl adjacent to an activating group) is 1. The van der Waals surface area contributed by atoms with Gasteiger partial charge in [0, 0.05) is 13.6 Å². The van der Waals surface area contributed by atoms with Gasteiger partial charge in [-0.05, 0) is 12.1 Å². The number of hydrogen-bond donors (Lipinski definition) is 1. The van der Waals surface area contributed by atoms with E-state index in [1.807, 2.05) is 0 Å². The number of amides is 1. The van der Waals surface area contributed by atoms with E-state index in [4.69, 9.17) is 9.84 Å². The molecule has 1 aromatic carbocycles. The number of fused-ring (bicyclic) bond motifs is 1. The SMILES string of the molecule is CN(CCC(=O)O)C(=O)CN1CC(=O)Oc2ccccc21. The van der Waals surface area contributed by atoms with Gasteiger partial charge in [0.15, 0.2) is 5.75 Å². The molecule has 0 bridgehead atoms. The van der Waals surface area contributed by atoms with E-state index in [0.717, 1.165) is 0 Å². The Hall–Kier alpha value is -2.57. The van der Waals surface area contributed by atoms with E-state index in [0.29, 0.717) is 11.4 Å². The van der Waals surface area contributed by atoms with Crippen LogP contribution in [-0.2, 0) is 14.4 Å². The quantitative estimate of drug-likeness (QED) is 0.622. The third-order valence-corrected chi connectivity index (χ3v) is 3.16. The van der Waals surface area contributed by atoms with Crippen molar-refractivity contribution in [2.45, 2.75) is 6.42 Å². The average molecular weight is 292 g/mol. The number of anilines is 1. The Morgan fingerprint density at radius 1 is 1.38 bits per heavy atom. The molecule has 1 aliphatic rings. The Kier molecular flexibility index (Phi) is 4.42. The molecule has 0 spiro atoms. The maximum Gasteiger partial charge on any atom is 0.331 e.